The summed E-state index contributed by atoms with van der Waals surface area (Å²) in [5.41, 5.74) is 5.45. The van der Waals surface area contributed by atoms with Crippen LogP contribution in [0.3, 0.4) is 0 Å². The van der Waals surface area contributed by atoms with Gasteiger partial charge in [-0.2, -0.15) is 13.2 Å². The van der Waals surface area contributed by atoms with Gasteiger partial charge in [-0.3, -0.25) is 9.78 Å². The van der Waals surface area contributed by atoms with Gasteiger partial charge < -0.3 is 20.7 Å². The van der Waals surface area contributed by atoms with E-state index < -0.39 is 18.5 Å². The van der Waals surface area contributed by atoms with Gasteiger partial charge in [-0.05, 0) is 73.9 Å². The Labute approximate surface area is 277 Å². The number of hydrogen-bond acceptors (Lipinski definition) is 5. The molecule has 0 radical (unpaired) electrons. The summed E-state index contributed by atoms with van der Waals surface area (Å²) in [7, 11) is 1.16. The second-order valence-corrected chi connectivity index (χ2v) is 11.3. The molecule has 12 heteroatoms. The van der Waals surface area contributed by atoms with Crippen LogP contribution in [0.1, 0.15) is 61.1 Å². The lowest BCUT2D eigenvalue weighted by molar-refractivity contribution is -0.153. The predicted molar refractivity (Wildman–Crippen MR) is 174 cm³/mol. The van der Waals surface area contributed by atoms with Gasteiger partial charge in [-0.25, -0.2) is 13.2 Å². The third-order valence-electron chi connectivity index (χ3n) is 7.99. The zero-order valence-electron chi connectivity index (χ0n) is 26.7. The number of hydrogen-bond donors (Lipinski definition) is 3. The highest BCUT2D eigenvalue weighted by Gasteiger charge is 2.30. The van der Waals surface area contributed by atoms with Gasteiger partial charge in [0.1, 0.15) is 23.9 Å². The Kier molecular flexibility index (Phi) is 15.0. The molecule has 2 aliphatic rings. The van der Waals surface area contributed by atoms with Crippen molar-refractivity contribution in [1.82, 2.24) is 15.6 Å². The molecule has 5 rings (SSSR count). The van der Waals surface area contributed by atoms with Gasteiger partial charge in [0.25, 0.3) is 0 Å². The van der Waals surface area contributed by atoms with Crippen LogP contribution in [-0.4, -0.2) is 49.9 Å². The Hall–Kier alpha value is -4.34. The van der Waals surface area contributed by atoms with Crippen LogP contribution in [0.25, 0.3) is 0 Å². The van der Waals surface area contributed by atoms with Crippen LogP contribution in [0.5, 0.6) is 0 Å². The number of carbonyl (C=O) groups excluding carboxylic acids is 1. The second kappa shape index (κ2) is 18.9. The van der Waals surface area contributed by atoms with Crippen LogP contribution in [0.2, 0.25) is 0 Å². The maximum Gasteiger partial charge on any atom is 0.397 e. The lowest BCUT2D eigenvalue weighted by Gasteiger charge is -2.28. The number of amides is 1. The monoisotopic (exact) mass is 674 g/mol. The third-order valence-corrected chi connectivity index (χ3v) is 7.99. The molecule has 2 aromatic carbocycles. The van der Waals surface area contributed by atoms with Gasteiger partial charge in [0.05, 0.1) is 30.8 Å². The Bertz CT molecular complexity index is 1450. The average Bonchev–Trinajstić information content (AvgIpc) is 3.04. The Morgan fingerprint density at radius 2 is 1.60 bits per heavy atom. The Balaban J connectivity index is 0.000000494. The van der Waals surface area contributed by atoms with E-state index in [0.29, 0.717) is 37.1 Å². The molecule has 1 aromatic heterocycles. The summed E-state index contributed by atoms with van der Waals surface area (Å²) in [6, 6.07) is 12.9. The molecule has 2 fully saturated rings. The normalized spacial score (nSPS) is 15.6. The van der Waals surface area contributed by atoms with E-state index in [1.54, 1.807) is 30.5 Å². The molecule has 1 aliphatic carbocycles. The molecule has 1 saturated heterocycles. The topological polar surface area (TPSA) is 75.3 Å². The number of carbonyl (C=O) groups is 1. The van der Waals surface area contributed by atoms with Gasteiger partial charge in [-0.15, -0.1) is 12.8 Å². The number of nitrogens with zero attached hydrogens (tertiary/aromatic N) is 1. The molecule has 1 aliphatic heterocycles. The summed E-state index contributed by atoms with van der Waals surface area (Å²) in [6.07, 6.45) is 10.1. The molecular weight excluding hydrogens is 634 g/mol. The van der Waals surface area contributed by atoms with Crippen molar-refractivity contribution >= 4 is 11.6 Å². The molecule has 1 saturated carbocycles. The number of allylic oxidation sites excluding steroid dienone is 2. The highest BCUT2D eigenvalue weighted by Crippen LogP contribution is 2.38. The molecule has 3 N–H and O–H groups in total. The third kappa shape index (κ3) is 12.0. The van der Waals surface area contributed by atoms with Crippen LogP contribution >= 0.6 is 0 Å². The van der Waals surface area contributed by atoms with Crippen molar-refractivity contribution in [2.75, 3.05) is 32.1 Å². The molecule has 0 spiro atoms. The minimum Gasteiger partial charge on any atom is -0.376 e. The Morgan fingerprint density at radius 1 is 1.00 bits per heavy atom. The van der Waals surface area contributed by atoms with Crippen molar-refractivity contribution < 1.29 is 35.9 Å². The lowest BCUT2D eigenvalue weighted by Crippen LogP contribution is -2.38. The lowest BCUT2D eigenvalue weighted by atomic mass is 9.82. The van der Waals surface area contributed by atoms with Crippen LogP contribution in [0.15, 0.2) is 72.2 Å². The molecule has 0 unspecified atom stereocenters. The number of benzene rings is 2. The molecule has 1 amide bonds. The fourth-order valence-electron chi connectivity index (χ4n) is 5.33. The van der Waals surface area contributed by atoms with Gasteiger partial charge in [-0.1, -0.05) is 29.8 Å². The zero-order chi connectivity index (χ0) is 35.1. The van der Waals surface area contributed by atoms with Crippen molar-refractivity contribution in [2.45, 2.75) is 63.1 Å². The van der Waals surface area contributed by atoms with Crippen molar-refractivity contribution in [3.8, 4) is 12.8 Å². The number of ether oxygens (including phenoxy) is 1. The fraction of sp³-hybridized carbons (Fsp3) is 0.389. The molecule has 6 nitrogen and oxygen atoms in total. The smallest absolute Gasteiger partial charge is 0.376 e. The molecule has 0 bridgehead atoms. The molecule has 48 heavy (non-hydrogen) atoms. The van der Waals surface area contributed by atoms with Crippen molar-refractivity contribution in [3.05, 3.63) is 106 Å². The number of morpholine rings is 1. The summed E-state index contributed by atoms with van der Waals surface area (Å²) >= 11 is 0. The van der Waals surface area contributed by atoms with E-state index in [2.05, 4.69) is 28.5 Å². The molecular formula is C36H40F6N4O2. The van der Waals surface area contributed by atoms with Gasteiger partial charge in [0, 0.05) is 37.3 Å². The molecule has 258 valence electrons. The molecule has 2 heterocycles. The molecule has 3 aromatic rings. The van der Waals surface area contributed by atoms with E-state index >= 15 is 0 Å². The number of pyridine rings is 1. The number of terminal acetylenes is 1. The fourth-order valence-corrected chi connectivity index (χ4v) is 5.33. The first-order valence-electron chi connectivity index (χ1n) is 15.6. The summed E-state index contributed by atoms with van der Waals surface area (Å²) in [5, 5.41) is 8.73. The summed E-state index contributed by atoms with van der Waals surface area (Å²) in [4.78, 5) is 14.1. The standard InChI is InChI=1S/C30H32F3N3O.C4H6F3NO.C2H2/c31-23-8-4-20(5-9-23)27(21-6-10-24(32)11-7-21)16-29(22-2-1-3-22)36-30-19-35-18-28(33)26(30)13-12-25-17-34-14-15-37-25;1-8-3(9)2-4(5,6)7;1-2/h4-11,18-19,25,27,34,36H,1-3,12-17H2;2H2,1H3,(H,8,9);1-2H/t25-;;/m1../s1. The van der Waals surface area contributed by atoms with Crippen molar-refractivity contribution in [2.24, 2.45) is 0 Å². The number of anilines is 1. The van der Waals surface area contributed by atoms with E-state index in [1.807, 2.05) is 5.32 Å². The van der Waals surface area contributed by atoms with Gasteiger partial charge in [0.15, 0.2) is 0 Å². The van der Waals surface area contributed by atoms with Gasteiger partial charge in [0.2, 0.25) is 5.91 Å². The summed E-state index contributed by atoms with van der Waals surface area (Å²) in [6.45, 7) is 2.27. The first-order valence-corrected chi connectivity index (χ1v) is 15.6. The second-order valence-electron chi connectivity index (χ2n) is 11.3. The van der Waals surface area contributed by atoms with E-state index in [-0.39, 0.29) is 29.5 Å². The first-order chi connectivity index (χ1) is 23.0. The summed E-state index contributed by atoms with van der Waals surface area (Å²) in [5.74, 6) is -2.07. The van der Waals surface area contributed by atoms with E-state index in [9.17, 15) is 31.1 Å². The van der Waals surface area contributed by atoms with E-state index in [0.717, 1.165) is 56.2 Å². The highest BCUT2D eigenvalue weighted by molar-refractivity contribution is 5.76. The summed E-state index contributed by atoms with van der Waals surface area (Å²) < 4.78 is 81.9. The maximum atomic E-state index is 15.0. The van der Waals surface area contributed by atoms with Crippen molar-refractivity contribution in [1.29, 1.82) is 0 Å². The quantitative estimate of drug-likeness (QED) is 0.154. The minimum atomic E-state index is -4.39. The first kappa shape index (κ1) is 38.1. The number of rotatable bonds is 10. The zero-order valence-corrected chi connectivity index (χ0v) is 26.7. The average molecular weight is 675 g/mol. The molecule has 1 atom stereocenters. The Morgan fingerprint density at radius 3 is 2.06 bits per heavy atom. The number of nitrogens with one attached hydrogen (secondary N) is 3. The van der Waals surface area contributed by atoms with E-state index in [1.165, 1.54) is 36.0 Å². The number of alkyl halides is 3. The predicted octanol–water partition coefficient (Wildman–Crippen LogP) is 7.43. The van der Waals surface area contributed by atoms with Crippen molar-refractivity contribution in [3.63, 3.8) is 0 Å². The van der Waals surface area contributed by atoms with Crippen LogP contribution in [0, 0.1) is 30.3 Å². The minimum absolute atomic E-state index is 0.0555. The number of aromatic nitrogens is 1. The maximum absolute atomic E-state index is 15.0. The largest absolute Gasteiger partial charge is 0.397 e. The van der Waals surface area contributed by atoms with E-state index in [4.69, 9.17) is 4.74 Å². The SMILES string of the molecule is C#C.CNC(=O)CC(F)(F)F.Fc1ccc(C(CC(Nc2cncc(F)c2CC[C@@H]2CNCCO2)=C2CCC2)c2ccc(F)cc2)cc1. The van der Waals surface area contributed by atoms with Gasteiger partial charge >= 0.3 is 6.18 Å². The van der Waals surface area contributed by atoms with Crippen LogP contribution in [-0.2, 0) is 16.0 Å². The van der Waals surface area contributed by atoms with Crippen LogP contribution in [0.4, 0.5) is 32.0 Å². The van der Waals surface area contributed by atoms with Crippen LogP contribution < -0.4 is 16.0 Å². The highest BCUT2D eigenvalue weighted by atomic mass is 19.4. The number of halogens is 6.